The molecule has 0 spiro atoms. The predicted octanol–water partition coefficient (Wildman–Crippen LogP) is 3.37. The van der Waals surface area contributed by atoms with E-state index < -0.39 is 0 Å². The molecule has 2 heterocycles. The minimum absolute atomic E-state index is 0.218. The van der Waals surface area contributed by atoms with Crippen LogP contribution < -0.4 is 4.74 Å². The van der Waals surface area contributed by atoms with E-state index in [1.165, 1.54) is 6.39 Å². The van der Waals surface area contributed by atoms with Gasteiger partial charge < -0.3 is 13.7 Å². The number of aromatic nitrogens is 4. The molecule has 0 radical (unpaired) electrons. The highest BCUT2D eigenvalue weighted by Gasteiger charge is 2.09. The number of benzene rings is 2. The molecule has 0 fully saturated rings. The zero-order valence-corrected chi connectivity index (χ0v) is 12.5. The second-order valence-corrected chi connectivity index (χ2v) is 4.94. The molecule has 4 rings (SSSR count). The van der Waals surface area contributed by atoms with Crippen LogP contribution in [0.1, 0.15) is 5.82 Å². The van der Waals surface area contributed by atoms with Gasteiger partial charge in [0.05, 0.1) is 0 Å². The Hall–Kier alpha value is -3.48. The van der Waals surface area contributed by atoms with Gasteiger partial charge in [0.25, 0.3) is 5.89 Å². The SMILES string of the molecule is c1ccc(-c2nc(COc3ccc(-c4nnco4)cc3)no2)cc1. The van der Waals surface area contributed by atoms with Gasteiger partial charge in [-0.15, -0.1) is 10.2 Å². The van der Waals surface area contributed by atoms with Crippen LogP contribution >= 0.6 is 0 Å². The first-order valence-corrected chi connectivity index (χ1v) is 7.26. The molecule has 0 saturated carbocycles. The molecule has 2 aromatic carbocycles. The van der Waals surface area contributed by atoms with E-state index in [9.17, 15) is 0 Å². The summed E-state index contributed by atoms with van der Waals surface area (Å²) in [5.41, 5.74) is 1.70. The molecule has 2 aromatic heterocycles. The minimum Gasteiger partial charge on any atom is -0.485 e. The van der Waals surface area contributed by atoms with E-state index in [-0.39, 0.29) is 6.61 Å². The van der Waals surface area contributed by atoms with Crippen LogP contribution in [-0.2, 0) is 6.61 Å². The summed E-state index contributed by atoms with van der Waals surface area (Å²) in [7, 11) is 0. The van der Waals surface area contributed by atoms with Crippen molar-refractivity contribution < 1.29 is 13.7 Å². The number of rotatable bonds is 5. The maximum atomic E-state index is 5.66. The van der Waals surface area contributed by atoms with Crippen molar-refractivity contribution in [2.45, 2.75) is 6.61 Å². The lowest BCUT2D eigenvalue weighted by Crippen LogP contribution is -1.97. The van der Waals surface area contributed by atoms with E-state index in [1.807, 2.05) is 54.6 Å². The van der Waals surface area contributed by atoms with Crippen molar-refractivity contribution in [3.05, 3.63) is 66.8 Å². The van der Waals surface area contributed by atoms with E-state index in [0.717, 1.165) is 11.1 Å². The summed E-state index contributed by atoms with van der Waals surface area (Å²) >= 11 is 0. The Morgan fingerprint density at radius 3 is 2.42 bits per heavy atom. The van der Waals surface area contributed by atoms with Crippen LogP contribution in [0.15, 0.2) is 69.9 Å². The van der Waals surface area contributed by atoms with Crippen LogP contribution in [0.5, 0.6) is 5.75 Å². The summed E-state index contributed by atoms with van der Waals surface area (Å²) < 4.78 is 16.0. The molecule has 0 unspecified atom stereocenters. The molecule has 7 heteroatoms. The normalized spacial score (nSPS) is 10.7. The number of nitrogens with zero attached hydrogens (tertiary/aromatic N) is 4. The van der Waals surface area contributed by atoms with Crippen molar-refractivity contribution >= 4 is 0 Å². The van der Waals surface area contributed by atoms with Crippen LogP contribution in [0.3, 0.4) is 0 Å². The highest BCUT2D eigenvalue weighted by atomic mass is 16.5. The van der Waals surface area contributed by atoms with Gasteiger partial charge in [-0.05, 0) is 36.4 Å². The molecule has 7 nitrogen and oxygen atoms in total. The third-order valence-corrected chi connectivity index (χ3v) is 3.32. The number of hydrogen-bond donors (Lipinski definition) is 0. The Kier molecular flexibility index (Phi) is 3.73. The standard InChI is InChI=1S/C17H12N4O3/c1-2-4-12(5-3-1)16-19-15(21-24-16)10-22-14-8-6-13(7-9-14)17-20-18-11-23-17/h1-9,11H,10H2. The van der Waals surface area contributed by atoms with Crippen molar-refractivity contribution in [2.75, 3.05) is 0 Å². The lowest BCUT2D eigenvalue weighted by molar-refractivity contribution is 0.287. The Labute approximate surface area is 136 Å². The van der Waals surface area contributed by atoms with Crippen molar-refractivity contribution in [1.29, 1.82) is 0 Å². The van der Waals surface area contributed by atoms with Gasteiger partial charge >= 0.3 is 0 Å². The largest absolute Gasteiger partial charge is 0.485 e. The van der Waals surface area contributed by atoms with Gasteiger partial charge in [-0.2, -0.15) is 4.98 Å². The fourth-order valence-corrected chi connectivity index (χ4v) is 2.15. The second-order valence-electron chi connectivity index (χ2n) is 4.94. The molecule has 0 amide bonds. The molecular weight excluding hydrogens is 308 g/mol. The highest BCUT2D eigenvalue weighted by molar-refractivity contribution is 5.54. The van der Waals surface area contributed by atoms with Gasteiger partial charge in [-0.3, -0.25) is 0 Å². The van der Waals surface area contributed by atoms with E-state index in [0.29, 0.717) is 23.4 Å². The van der Waals surface area contributed by atoms with Crippen LogP contribution in [0.25, 0.3) is 22.9 Å². The predicted molar refractivity (Wildman–Crippen MR) is 83.8 cm³/mol. The zero-order valence-electron chi connectivity index (χ0n) is 12.5. The van der Waals surface area contributed by atoms with E-state index >= 15 is 0 Å². The average molecular weight is 320 g/mol. The molecule has 0 aliphatic rings. The lowest BCUT2D eigenvalue weighted by atomic mass is 10.2. The molecule has 0 N–H and O–H groups in total. The number of hydrogen-bond acceptors (Lipinski definition) is 7. The van der Waals surface area contributed by atoms with Crippen molar-refractivity contribution in [2.24, 2.45) is 0 Å². The fourth-order valence-electron chi connectivity index (χ4n) is 2.15. The fraction of sp³-hybridized carbons (Fsp3) is 0.0588. The van der Waals surface area contributed by atoms with Gasteiger partial charge in [0, 0.05) is 11.1 Å². The first-order chi connectivity index (χ1) is 11.9. The molecule has 0 aliphatic carbocycles. The van der Waals surface area contributed by atoms with Crippen LogP contribution in [0, 0.1) is 0 Å². The molecule has 118 valence electrons. The zero-order chi connectivity index (χ0) is 16.2. The average Bonchev–Trinajstić information content (AvgIpc) is 3.33. The molecule has 0 aliphatic heterocycles. The summed E-state index contributed by atoms with van der Waals surface area (Å²) in [5, 5.41) is 11.4. The van der Waals surface area contributed by atoms with Gasteiger partial charge in [-0.25, -0.2) is 0 Å². The quantitative estimate of drug-likeness (QED) is 0.557. The Balaban J connectivity index is 1.41. The Morgan fingerprint density at radius 2 is 1.67 bits per heavy atom. The van der Waals surface area contributed by atoms with Gasteiger partial charge in [0.1, 0.15) is 5.75 Å². The highest BCUT2D eigenvalue weighted by Crippen LogP contribution is 2.21. The molecule has 0 bridgehead atoms. The summed E-state index contributed by atoms with van der Waals surface area (Å²) in [6, 6.07) is 16.9. The topological polar surface area (TPSA) is 87.1 Å². The maximum Gasteiger partial charge on any atom is 0.258 e. The van der Waals surface area contributed by atoms with E-state index in [4.69, 9.17) is 13.7 Å². The Morgan fingerprint density at radius 1 is 0.875 bits per heavy atom. The molecule has 4 aromatic rings. The van der Waals surface area contributed by atoms with Crippen molar-refractivity contribution in [3.8, 4) is 28.7 Å². The first kappa shape index (κ1) is 14.1. The Bertz CT molecular complexity index is 903. The molecule has 0 atom stereocenters. The summed E-state index contributed by atoms with van der Waals surface area (Å²) in [6.45, 7) is 0.218. The van der Waals surface area contributed by atoms with Gasteiger partial charge in [0.2, 0.25) is 18.1 Å². The van der Waals surface area contributed by atoms with Gasteiger partial charge in [-0.1, -0.05) is 23.4 Å². The third-order valence-electron chi connectivity index (χ3n) is 3.32. The van der Waals surface area contributed by atoms with Crippen LogP contribution in [-0.4, -0.2) is 20.3 Å². The van der Waals surface area contributed by atoms with E-state index in [1.54, 1.807) is 0 Å². The molecular formula is C17H12N4O3. The second kappa shape index (κ2) is 6.33. The lowest BCUT2D eigenvalue weighted by Gasteiger charge is -2.03. The van der Waals surface area contributed by atoms with Crippen molar-refractivity contribution in [1.82, 2.24) is 20.3 Å². The monoisotopic (exact) mass is 320 g/mol. The minimum atomic E-state index is 0.218. The van der Waals surface area contributed by atoms with Crippen LogP contribution in [0.2, 0.25) is 0 Å². The smallest absolute Gasteiger partial charge is 0.258 e. The van der Waals surface area contributed by atoms with Gasteiger partial charge in [0.15, 0.2) is 6.61 Å². The summed E-state index contributed by atoms with van der Waals surface area (Å²) in [4.78, 5) is 4.32. The number of ether oxygens (including phenoxy) is 1. The molecule has 24 heavy (non-hydrogen) atoms. The third kappa shape index (κ3) is 3.00. The summed E-state index contributed by atoms with van der Waals surface area (Å²) in [6.07, 6.45) is 1.29. The van der Waals surface area contributed by atoms with E-state index in [2.05, 4.69) is 20.3 Å². The first-order valence-electron chi connectivity index (χ1n) is 7.26. The van der Waals surface area contributed by atoms with Crippen LogP contribution in [0.4, 0.5) is 0 Å². The maximum absolute atomic E-state index is 5.66. The molecule has 0 saturated heterocycles. The summed E-state index contributed by atoms with van der Waals surface area (Å²) in [5.74, 6) is 2.10. The van der Waals surface area contributed by atoms with Crippen molar-refractivity contribution in [3.63, 3.8) is 0 Å².